The van der Waals surface area contributed by atoms with Gasteiger partial charge >= 0.3 is 0 Å². The number of nitrogens with two attached hydrogens (primary N) is 1. The molecule has 2 unspecified atom stereocenters. The SMILES string of the molecule is CCC(O)CCNC(C)N. The topological polar surface area (TPSA) is 58.3 Å². The summed E-state index contributed by atoms with van der Waals surface area (Å²) < 4.78 is 0. The Bertz CT molecular complexity index is 76.0. The van der Waals surface area contributed by atoms with E-state index in [1.165, 1.54) is 0 Å². The van der Waals surface area contributed by atoms with Gasteiger partial charge in [0.05, 0.1) is 12.3 Å². The lowest BCUT2D eigenvalue weighted by Crippen LogP contribution is -2.35. The van der Waals surface area contributed by atoms with Crippen molar-refractivity contribution in [1.82, 2.24) is 5.32 Å². The van der Waals surface area contributed by atoms with E-state index in [4.69, 9.17) is 10.8 Å². The van der Waals surface area contributed by atoms with Gasteiger partial charge < -0.3 is 16.2 Å². The van der Waals surface area contributed by atoms with Crippen molar-refractivity contribution in [3.8, 4) is 0 Å². The van der Waals surface area contributed by atoms with E-state index < -0.39 is 0 Å². The Morgan fingerprint density at radius 2 is 2.20 bits per heavy atom. The van der Waals surface area contributed by atoms with E-state index >= 15 is 0 Å². The molecule has 0 heterocycles. The molecule has 0 amide bonds. The van der Waals surface area contributed by atoms with Crippen molar-refractivity contribution in [3.63, 3.8) is 0 Å². The standard InChI is InChI=1S/C7H18N2O/c1-3-7(10)4-5-9-6(2)8/h6-7,9-10H,3-5,8H2,1-2H3. The fourth-order valence-electron chi connectivity index (χ4n) is 0.682. The molecule has 0 fully saturated rings. The van der Waals surface area contributed by atoms with Gasteiger partial charge in [-0.25, -0.2) is 0 Å². The molecule has 0 saturated heterocycles. The molecule has 0 aromatic heterocycles. The van der Waals surface area contributed by atoms with Crippen LogP contribution in [0.3, 0.4) is 0 Å². The number of aliphatic hydroxyl groups excluding tert-OH is 1. The van der Waals surface area contributed by atoms with E-state index in [2.05, 4.69) is 5.32 Å². The summed E-state index contributed by atoms with van der Waals surface area (Å²) in [6.45, 7) is 4.65. The summed E-state index contributed by atoms with van der Waals surface area (Å²) in [5.41, 5.74) is 5.43. The van der Waals surface area contributed by atoms with Crippen LogP contribution in [0.5, 0.6) is 0 Å². The van der Waals surface area contributed by atoms with Crippen LogP contribution < -0.4 is 11.1 Å². The number of aliphatic hydroxyl groups is 1. The Labute approximate surface area is 62.6 Å². The summed E-state index contributed by atoms with van der Waals surface area (Å²) in [6.07, 6.45) is 1.47. The van der Waals surface area contributed by atoms with Crippen LogP contribution in [0.4, 0.5) is 0 Å². The van der Waals surface area contributed by atoms with Crippen molar-refractivity contribution in [2.45, 2.75) is 39.0 Å². The van der Waals surface area contributed by atoms with E-state index in [1.54, 1.807) is 0 Å². The third-order valence-electron chi connectivity index (χ3n) is 1.42. The molecule has 2 atom stereocenters. The summed E-state index contributed by atoms with van der Waals surface area (Å²) in [4.78, 5) is 0. The highest BCUT2D eigenvalue weighted by Crippen LogP contribution is 1.93. The highest BCUT2D eigenvalue weighted by Gasteiger charge is 1.99. The van der Waals surface area contributed by atoms with Crippen molar-refractivity contribution in [1.29, 1.82) is 0 Å². The van der Waals surface area contributed by atoms with Gasteiger partial charge in [-0.15, -0.1) is 0 Å². The molecule has 62 valence electrons. The van der Waals surface area contributed by atoms with Gasteiger partial charge in [-0.1, -0.05) is 6.92 Å². The quantitative estimate of drug-likeness (QED) is 0.480. The molecular weight excluding hydrogens is 128 g/mol. The fraction of sp³-hybridized carbons (Fsp3) is 1.00. The molecular formula is C7H18N2O. The first-order chi connectivity index (χ1) is 4.66. The van der Waals surface area contributed by atoms with E-state index in [0.717, 1.165) is 19.4 Å². The number of hydrogen-bond acceptors (Lipinski definition) is 3. The normalized spacial score (nSPS) is 16.8. The minimum atomic E-state index is -0.175. The van der Waals surface area contributed by atoms with Crippen LogP contribution in [-0.4, -0.2) is 23.9 Å². The molecule has 0 aromatic rings. The van der Waals surface area contributed by atoms with Gasteiger partial charge in [0.25, 0.3) is 0 Å². The number of rotatable bonds is 5. The first kappa shape index (κ1) is 9.88. The summed E-state index contributed by atoms with van der Waals surface area (Å²) in [6, 6.07) is 0. The van der Waals surface area contributed by atoms with Gasteiger partial charge in [-0.05, 0) is 26.3 Å². The van der Waals surface area contributed by atoms with Gasteiger partial charge in [0.15, 0.2) is 0 Å². The van der Waals surface area contributed by atoms with Crippen LogP contribution in [0.2, 0.25) is 0 Å². The molecule has 0 bridgehead atoms. The van der Waals surface area contributed by atoms with Crippen molar-refractivity contribution in [3.05, 3.63) is 0 Å². The van der Waals surface area contributed by atoms with Crippen molar-refractivity contribution in [2.75, 3.05) is 6.54 Å². The van der Waals surface area contributed by atoms with Crippen LogP contribution in [0, 0.1) is 0 Å². The monoisotopic (exact) mass is 146 g/mol. The Hall–Kier alpha value is -0.120. The lowest BCUT2D eigenvalue weighted by atomic mass is 10.2. The lowest BCUT2D eigenvalue weighted by Gasteiger charge is -2.10. The highest BCUT2D eigenvalue weighted by atomic mass is 16.3. The zero-order valence-electron chi connectivity index (χ0n) is 6.80. The molecule has 0 rings (SSSR count). The predicted octanol–water partition coefficient (Wildman–Crippen LogP) is 0.0417. The van der Waals surface area contributed by atoms with E-state index in [1.807, 2.05) is 13.8 Å². The molecule has 0 aliphatic carbocycles. The maximum atomic E-state index is 9.09. The summed E-state index contributed by atoms with van der Waals surface area (Å²) in [7, 11) is 0. The molecule has 0 aliphatic rings. The zero-order chi connectivity index (χ0) is 7.98. The van der Waals surface area contributed by atoms with Crippen molar-refractivity contribution >= 4 is 0 Å². The summed E-state index contributed by atoms with van der Waals surface area (Å²) >= 11 is 0. The van der Waals surface area contributed by atoms with Gasteiger partial charge in [-0.3, -0.25) is 0 Å². The predicted molar refractivity (Wildman–Crippen MR) is 42.6 cm³/mol. The summed E-state index contributed by atoms with van der Waals surface area (Å²) in [5.74, 6) is 0. The first-order valence-electron chi connectivity index (χ1n) is 3.83. The fourth-order valence-corrected chi connectivity index (χ4v) is 0.682. The van der Waals surface area contributed by atoms with Gasteiger partial charge in [-0.2, -0.15) is 0 Å². The molecule has 3 heteroatoms. The van der Waals surface area contributed by atoms with Crippen LogP contribution in [0.1, 0.15) is 26.7 Å². The average molecular weight is 146 g/mol. The van der Waals surface area contributed by atoms with E-state index in [-0.39, 0.29) is 12.3 Å². The van der Waals surface area contributed by atoms with Crippen molar-refractivity contribution < 1.29 is 5.11 Å². The van der Waals surface area contributed by atoms with Gasteiger partial charge in [0, 0.05) is 0 Å². The molecule has 0 radical (unpaired) electrons. The molecule has 10 heavy (non-hydrogen) atoms. The Morgan fingerprint density at radius 3 is 2.60 bits per heavy atom. The third-order valence-corrected chi connectivity index (χ3v) is 1.42. The maximum absolute atomic E-state index is 9.09. The Balaban J connectivity index is 3.03. The lowest BCUT2D eigenvalue weighted by molar-refractivity contribution is 0.159. The zero-order valence-corrected chi connectivity index (χ0v) is 6.80. The van der Waals surface area contributed by atoms with Crippen LogP contribution in [0.25, 0.3) is 0 Å². The number of hydrogen-bond donors (Lipinski definition) is 3. The van der Waals surface area contributed by atoms with Crippen molar-refractivity contribution in [2.24, 2.45) is 5.73 Å². The largest absolute Gasteiger partial charge is 0.393 e. The molecule has 0 aromatic carbocycles. The minimum Gasteiger partial charge on any atom is -0.393 e. The Morgan fingerprint density at radius 1 is 1.60 bits per heavy atom. The molecule has 4 N–H and O–H groups in total. The average Bonchev–Trinajstić information content (AvgIpc) is 1.87. The van der Waals surface area contributed by atoms with Gasteiger partial charge in [0.2, 0.25) is 0 Å². The summed E-state index contributed by atoms with van der Waals surface area (Å²) in [5, 5.41) is 12.1. The minimum absolute atomic E-state index is 0.0315. The van der Waals surface area contributed by atoms with E-state index in [0.29, 0.717) is 0 Å². The molecule has 0 aliphatic heterocycles. The second-order valence-corrected chi connectivity index (χ2v) is 2.59. The van der Waals surface area contributed by atoms with Crippen LogP contribution in [-0.2, 0) is 0 Å². The van der Waals surface area contributed by atoms with Crippen LogP contribution in [0.15, 0.2) is 0 Å². The molecule has 0 saturated carbocycles. The Kier molecular flexibility index (Phi) is 5.58. The number of nitrogens with one attached hydrogen (secondary N) is 1. The van der Waals surface area contributed by atoms with Gasteiger partial charge in [0.1, 0.15) is 0 Å². The second-order valence-electron chi connectivity index (χ2n) is 2.59. The third kappa shape index (κ3) is 6.01. The molecule has 3 nitrogen and oxygen atoms in total. The second kappa shape index (κ2) is 5.65. The smallest absolute Gasteiger partial charge is 0.0549 e. The van der Waals surface area contributed by atoms with E-state index in [9.17, 15) is 0 Å². The highest BCUT2D eigenvalue weighted by molar-refractivity contribution is 4.56. The molecule has 0 spiro atoms. The first-order valence-corrected chi connectivity index (χ1v) is 3.83. The maximum Gasteiger partial charge on any atom is 0.0549 e. The van der Waals surface area contributed by atoms with Crippen LogP contribution >= 0.6 is 0 Å².